The first kappa shape index (κ1) is 44.4. The minimum absolute atomic E-state index is 0. The number of hydrogen-bond acceptors (Lipinski definition) is 3. The largest absolute Gasteiger partial charge is 0.348 e. The quantitative estimate of drug-likeness (QED) is 0.141. The first-order chi connectivity index (χ1) is 35.2. The zero-order valence-corrected chi connectivity index (χ0v) is 42.9. The molecule has 0 spiro atoms. The van der Waals surface area contributed by atoms with Crippen LogP contribution in [0, 0.1) is 32.3 Å². The number of H-pyrrole nitrogens is 1. The molecule has 0 bridgehead atoms. The number of benzene rings is 8. The summed E-state index contributed by atoms with van der Waals surface area (Å²) in [5.41, 5.74) is 19.3. The molecule has 1 N–H and O–H groups in total. The average Bonchev–Trinajstić information content (AvgIpc) is 4.26. The van der Waals surface area contributed by atoms with E-state index in [2.05, 4.69) is 243 Å². The number of para-hydroxylation sites is 8. The molecule has 0 saturated heterocycles. The minimum Gasteiger partial charge on any atom is -0.348 e. The van der Waals surface area contributed by atoms with Crippen molar-refractivity contribution in [1.29, 1.82) is 0 Å². The van der Waals surface area contributed by atoms with Crippen LogP contribution in [-0.4, -0.2) is 42.4 Å². The Kier molecular flexibility index (Phi) is 10.2. The topological polar surface area (TPSA) is 82.0 Å². The van der Waals surface area contributed by atoms with Crippen LogP contribution < -0.4 is 4.57 Å². The minimum atomic E-state index is -0.00539. The summed E-state index contributed by atoms with van der Waals surface area (Å²) in [5, 5.41) is 2.46. The summed E-state index contributed by atoms with van der Waals surface area (Å²) >= 11 is 0. The van der Waals surface area contributed by atoms with Crippen LogP contribution in [0.15, 0.2) is 182 Å². The van der Waals surface area contributed by atoms with Crippen molar-refractivity contribution >= 4 is 88.5 Å². The summed E-state index contributed by atoms with van der Waals surface area (Å²) in [4.78, 5) is 18.4. The standard InChI is InChI=1S/C31H26N7.C31H20N3.Pt/c1-17-8-6-10-21-27(17)34-29-33-20-15-24-25(16-23(20)36(21)29)37-22-11-7-9-18(2)28(22)35-30(37)38(24)26-14-19(12-13-32-26)31(3,4)5;1-3-12-23(13-4-1)32-22-33(29-20-10-9-19-28(29)32)30-21-11-17-26-25-16-7-8-18-27(25)34(31(26)30)24-14-5-2-6-15-24;/h6-14,16H,1-5H3,(H,33,34);1-12,14-21H;/q2*-1;. The van der Waals surface area contributed by atoms with E-state index in [9.17, 15) is 0 Å². The molecule has 0 aliphatic heterocycles. The molecule has 15 aromatic rings. The van der Waals surface area contributed by atoms with Gasteiger partial charge in [0.1, 0.15) is 5.82 Å². The van der Waals surface area contributed by atoms with Gasteiger partial charge in [-0.05, 0) is 112 Å². The Morgan fingerprint density at radius 3 is 2.05 bits per heavy atom. The van der Waals surface area contributed by atoms with Crippen molar-refractivity contribution in [2.45, 2.75) is 40.0 Å². The molecular weight excluding hydrogens is 1080 g/mol. The van der Waals surface area contributed by atoms with E-state index in [0.717, 1.165) is 106 Å². The Hall–Kier alpha value is -8.59. The Morgan fingerprint density at radius 1 is 0.589 bits per heavy atom. The molecule has 8 aromatic carbocycles. The van der Waals surface area contributed by atoms with E-state index in [1.165, 1.54) is 21.9 Å². The van der Waals surface area contributed by atoms with E-state index in [1.807, 2.05) is 24.4 Å². The predicted octanol–water partition coefficient (Wildman–Crippen LogP) is 13.4. The number of rotatable bonds is 4. The van der Waals surface area contributed by atoms with Crippen LogP contribution in [0.2, 0.25) is 0 Å². The number of fused-ring (bicyclic) bond motifs is 14. The van der Waals surface area contributed by atoms with Gasteiger partial charge in [0.25, 0.3) is 6.33 Å². The number of aromatic nitrogens is 10. The SMILES string of the molecule is Cc1cccc2c1nc1[nH]c3[c-]c4c(cc3n12)n1c2cccc(C)c2nc1n4-c1cc(C(C)(C)C)ccn1.[Pt].[c-]1ccccc1-n1[c-][n+](-c2cccc3c4ccccc4n(-c4ccccc4)c23)c2ccccc21. The molecular formula is C62H46N10Pt-2. The van der Waals surface area contributed by atoms with Crippen molar-refractivity contribution in [3.63, 3.8) is 0 Å². The molecule has 0 atom stereocenters. The second kappa shape index (κ2) is 16.8. The van der Waals surface area contributed by atoms with Gasteiger partial charge in [-0.1, -0.05) is 118 Å². The van der Waals surface area contributed by atoms with Gasteiger partial charge in [0, 0.05) is 43.7 Å². The number of imidazole rings is 5. The fourth-order valence-corrected chi connectivity index (χ4v) is 10.7. The van der Waals surface area contributed by atoms with Gasteiger partial charge in [0.05, 0.1) is 49.8 Å². The van der Waals surface area contributed by atoms with Crippen molar-refractivity contribution in [2.24, 2.45) is 0 Å². The third kappa shape index (κ3) is 6.81. The van der Waals surface area contributed by atoms with E-state index >= 15 is 0 Å². The van der Waals surface area contributed by atoms with Gasteiger partial charge < -0.3 is 22.9 Å². The fraction of sp³-hybridized carbons (Fsp3) is 0.0968. The number of pyridine rings is 1. The second-order valence-electron chi connectivity index (χ2n) is 19.6. The number of aryl methyl sites for hydroxylation is 2. The summed E-state index contributed by atoms with van der Waals surface area (Å²) < 4.78 is 13.2. The van der Waals surface area contributed by atoms with Crippen LogP contribution in [0.1, 0.15) is 37.5 Å². The predicted molar refractivity (Wildman–Crippen MR) is 289 cm³/mol. The van der Waals surface area contributed by atoms with E-state index in [4.69, 9.17) is 15.0 Å². The summed E-state index contributed by atoms with van der Waals surface area (Å²) in [7, 11) is 0. The van der Waals surface area contributed by atoms with Gasteiger partial charge in [-0.2, -0.15) is 30.3 Å². The van der Waals surface area contributed by atoms with Gasteiger partial charge in [-0.25, -0.2) is 15.0 Å². The maximum absolute atomic E-state index is 5.15. The van der Waals surface area contributed by atoms with E-state index in [1.54, 1.807) is 0 Å². The number of hydrogen-bond donors (Lipinski definition) is 1. The maximum Gasteiger partial charge on any atom is 0.268 e. The number of nitrogens with zero attached hydrogens (tertiary/aromatic N) is 9. The number of aromatic amines is 1. The normalized spacial score (nSPS) is 12.1. The molecule has 0 saturated carbocycles. The summed E-state index contributed by atoms with van der Waals surface area (Å²) in [6, 6.07) is 68.4. The Labute approximate surface area is 434 Å². The summed E-state index contributed by atoms with van der Waals surface area (Å²) in [5.74, 6) is 2.47. The van der Waals surface area contributed by atoms with Crippen LogP contribution in [0.25, 0.3) is 111 Å². The van der Waals surface area contributed by atoms with Crippen molar-refractivity contribution in [3.8, 4) is 22.9 Å². The van der Waals surface area contributed by atoms with E-state index in [0.29, 0.717) is 0 Å². The zero-order chi connectivity index (χ0) is 48.4. The first-order valence-corrected chi connectivity index (χ1v) is 24.3. The van der Waals surface area contributed by atoms with Crippen LogP contribution in [0.5, 0.6) is 0 Å². The van der Waals surface area contributed by atoms with E-state index in [-0.39, 0.29) is 26.5 Å². The van der Waals surface area contributed by atoms with Crippen LogP contribution in [-0.2, 0) is 26.5 Å². The van der Waals surface area contributed by atoms with Gasteiger partial charge in [0.2, 0.25) is 5.78 Å². The van der Waals surface area contributed by atoms with Crippen LogP contribution in [0.4, 0.5) is 0 Å². The molecule has 7 heterocycles. The second-order valence-corrected chi connectivity index (χ2v) is 19.6. The molecule has 0 aliphatic carbocycles. The molecule has 0 unspecified atom stereocenters. The summed E-state index contributed by atoms with van der Waals surface area (Å²) in [6.07, 6.45) is 5.52. The molecule has 0 amide bonds. The Bertz CT molecular complexity index is 4640. The Morgan fingerprint density at radius 2 is 1.27 bits per heavy atom. The van der Waals surface area contributed by atoms with Gasteiger partial charge in [-0.15, -0.1) is 12.1 Å². The molecule has 0 radical (unpaired) electrons. The van der Waals surface area contributed by atoms with Gasteiger partial charge in [0.15, 0.2) is 5.78 Å². The monoisotopic (exact) mass is 1130 g/mol. The first-order valence-electron chi connectivity index (χ1n) is 24.3. The Balaban J connectivity index is 0.000000140. The third-order valence-corrected chi connectivity index (χ3v) is 14.2. The molecule has 7 aromatic heterocycles. The third-order valence-electron chi connectivity index (χ3n) is 14.2. The number of nitrogens with one attached hydrogen (secondary N) is 1. The fourth-order valence-electron chi connectivity index (χ4n) is 10.7. The smallest absolute Gasteiger partial charge is 0.268 e. The molecule has 0 aliphatic rings. The van der Waals surface area contributed by atoms with Crippen LogP contribution in [0.3, 0.4) is 0 Å². The van der Waals surface area contributed by atoms with Crippen molar-refractivity contribution in [2.75, 3.05) is 0 Å². The summed E-state index contributed by atoms with van der Waals surface area (Å²) in [6.45, 7) is 10.9. The van der Waals surface area contributed by atoms with E-state index < -0.39 is 0 Å². The zero-order valence-electron chi connectivity index (χ0n) is 40.7. The molecule has 73 heavy (non-hydrogen) atoms. The molecule has 356 valence electrons. The van der Waals surface area contributed by atoms with Gasteiger partial charge >= 0.3 is 0 Å². The van der Waals surface area contributed by atoms with Gasteiger partial charge in [-0.3, -0.25) is 9.13 Å². The molecule has 0 fully saturated rings. The van der Waals surface area contributed by atoms with Crippen molar-refractivity contribution < 1.29 is 25.6 Å². The molecule has 11 heteroatoms. The average molecular weight is 1130 g/mol. The maximum atomic E-state index is 5.15. The molecule has 10 nitrogen and oxygen atoms in total. The molecule has 15 rings (SSSR count). The van der Waals surface area contributed by atoms with Crippen molar-refractivity contribution in [3.05, 3.63) is 217 Å². The van der Waals surface area contributed by atoms with Crippen molar-refractivity contribution in [1.82, 2.24) is 42.4 Å². The van der Waals surface area contributed by atoms with Crippen LogP contribution >= 0.6 is 0 Å².